The van der Waals surface area contributed by atoms with E-state index >= 15 is 0 Å². The van der Waals surface area contributed by atoms with Gasteiger partial charge in [0, 0.05) is 32.4 Å². The Morgan fingerprint density at radius 3 is 2.25 bits per heavy atom. The Morgan fingerprint density at radius 2 is 1.59 bits per heavy atom. The fourth-order valence-corrected chi connectivity index (χ4v) is 5.77. The van der Waals surface area contributed by atoms with Crippen LogP contribution in [0, 0.1) is 11.2 Å². The van der Waals surface area contributed by atoms with Gasteiger partial charge < -0.3 is 15.1 Å². The van der Waals surface area contributed by atoms with Crippen LogP contribution >= 0.6 is 12.2 Å². The van der Waals surface area contributed by atoms with E-state index in [0.717, 1.165) is 38.6 Å². The topological polar surface area (TPSA) is 69.7 Å². The fourth-order valence-electron chi connectivity index (χ4n) is 4.59. The lowest BCUT2D eigenvalue weighted by Crippen LogP contribution is -2.46. The summed E-state index contributed by atoms with van der Waals surface area (Å²) >= 11 is 5.48. The number of thiocarbonyl (C=S) groups is 1. The Hall–Kier alpha value is -2.52. The molecule has 0 aromatic heterocycles. The minimum Gasteiger partial charge on any atom is -0.349 e. The molecule has 0 aliphatic carbocycles. The number of anilines is 1. The van der Waals surface area contributed by atoms with Crippen LogP contribution in [0.5, 0.6) is 0 Å². The smallest absolute Gasteiger partial charge is 0.255 e. The minimum atomic E-state index is -3.49. The molecule has 0 radical (unpaired) electrons. The van der Waals surface area contributed by atoms with E-state index in [1.807, 2.05) is 4.90 Å². The molecule has 0 saturated carbocycles. The standard InChI is InChI=1S/C23H26FN3O3S2/c1-32(29,30)20-9-5-2-6-17(20)21(28)27-15-12-23(16-27)10-13-26(14-11-23)22(31)25-19-8-4-3-7-18(19)24/h2-9H,10-16H2,1H3,(H,25,31). The molecule has 4 rings (SSSR count). The molecule has 0 atom stereocenters. The third-order valence-corrected chi connectivity index (χ3v) is 7.98. The third kappa shape index (κ3) is 4.63. The summed E-state index contributed by atoms with van der Waals surface area (Å²) in [6.07, 6.45) is 3.73. The SMILES string of the molecule is CS(=O)(=O)c1ccccc1C(=O)N1CCC2(CCN(C(=S)Nc3ccccc3F)CC2)C1. The van der Waals surface area contributed by atoms with Gasteiger partial charge in [0.05, 0.1) is 16.1 Å². The first kappa shape index (κ1) is 22.7. The van der Waals surface area contributed by atoms with Gasteiger partial charge in [0.1, 0.15) is 5.82 Å². The van der Waals surface area contributed by atoms with Gasteiger partial charge in [0.25, 0.3) is 5.91 Å². The zero-order valence-corrected chi connectivity index (χ0v) is 19.5. The van der Waals surface area contributed by atoms with Crippen LogP contribution in [0.25, 0.3) is 0 Å². The molecular weight excluding hydrogens is 449 g/mol. The van der Waals surface area contributed by atoms with Crippen LogP contribution < -0.4 is 5.32 Å². The van der Waals surface area contributed by atoms with E-state index in [1.54, 1.807) is 41.3 Å². The highest BCUT2D eigenvalue weighted by atomic mass is 32.2. The lowest BCUT2D eigenvalue weighted by molar-refractivity contribution is 0.0745. The Balaban J connectivity index is 1.39. The second-order valence-corrected chi connectivity index (χ2v) is 11.0. The number of halogens is 1. The summed E-state index contributed by atoms with van der Waals surface area (Å²) < 4.78 is 38.1. The molecule has 2 aliphatic rings. The van der Waals surface area contributed by atoms with Crippen molar-refractivity contribution in [3.8, 4) is 0 Å². The summed E-state index contributed by atoms with van der Waals surface area (Å²) in [5, 5.41) is 3.49. The molecule has 170 valence electrons. The highest BCUT2D eigenvalue weighted by molar-refractivity contribution is 7.90. The summed E-state index contributed by atoms with van der Waals surface area (Å²) in [5.41, 5.74) is 0.597. The molecule has 0 bridgehead atoms. The summed E-state index contributed by atoms with van der Waals surface area (Å²) in [7, 11) is -3.49. The molecule has 2 aliphatic heterocycles. The monoisotopic (exact) mass is 475 g/mol. The Kier molecular flexibility index (Phi) is 6.22. The van der Waals surface area contributed by atoms with Gasteiger partial charge in [-0.3, -0.25) is 4.79 Å². The fraction of sp³-hybridized carbons (Fsp3) is 0.391. The van der Waals surface area contributed by atoms with Crippen molar-refractivity contribution in [1.29, 1.82) is 0 Å². The summed E-state index contributed by atoms with van der Waals surface area (Å²) in [4.78, 5) is 17.0. The van der Waals surface area contributed by atoms with E-state index in [4.69, 9.17) is 12.2 Å². The maximum absolute atomic E-state index is 13.9. The number of para-hydroxylation sites is 1. The highest BCUT2D eigenvalue weighted by Crippen LogP contribution is 2.41. The number of carbonyl (C=O) groups excluding carboxylic acids is 1. The lowest BCUT2D eigenvalue weighted by Gasteiger charge is -2.40. The lowest BCUT2D eigenvalue weighted by atomic mass is 9.78. The number of hydrogen-bond donors (Lipinski definition) is 1. The molecule has 0 unspecified atom stereocenters. The van der Waals surface area contributed by atoms with Crippen LogP contribution in [0.2, 0.25) is 0 Å². The first-order valence-electron chi connectivity index (χ1n) is 10.6. The number of nitrogens with zero attached hydrogens (tertiary/aromatic N) is 2. The number of hydrogen-bond acceptors (Lipinski definition) is 4. The van der Waals surface area contributed by atoms with Crippen molar-refractivity contribution in [3.63, 3.8) is 0 Å². The third-order valence-electron chi connectivity index (χ3n) is 6.47. The maximum atomic E-state index is 13.9. The van der Waals surface area contributed by atoms with Crippen molar-refractivity contribution in [1.82, 2.24) is 9.80 Å². The molecule has 1 spiro atoms. The molecule has 6 nitrogen and oxygen atoms in total. The number of rotatable bonds is 3. The van der Waals surface area contributed by atoms with Crippen molar-refractivity contribution in [2.24, 2.45) is 5.41 Å². The van der Waals surface area contributed by atoms with Crippen LogP contribution in [0.3, 0.4) is 0 Å². The zero-order chi connectivity index (χ0) is 22.9. The van der Waals surface area contributed by atoms with Crippen LogP contribution in [0.4, 0.5) is 10.1 Å². The molecule has 2 aromatic rings. The number of nitrogens with one attached hydrogen (secondary N) is 1. The molecule has 9 heteroatoms. The van der Waals surface area contributed by atoms with Crippen molar-refractivity contribution < 1.29 is 17.6 Å². The number of piperidine rings is 1. The Bertz CT molecular complexity index is 1140. The molecular formula is C23H26FN3O3S2. The summed E-state index contributed by atoms with van der Waals surface area (Å²) in [6.45, 7) is 2.66. The van der Waals surface area contributed by atoms with E-state index in [1.165, 1.54) is 12.1 Å². The molecule has 1 amide bonds. The molecule has 32 heavy (non-hydrogen) atoms. The highest BCUT2D eigenvalue weighted by Gasteiger charge is 2.43. The largest absolute Gasteiger partial charge is 0.349 e. The quantitative estimate of drug-likeness (QED) is 0.685. The molecule has 2 saturated heterocycles. The van der Waals surface area contributed by atoms with Crippen molar-refractivity contribution in [2.75, 3.05) is 37.8 Å². The molecule has 2 fully saturated rings. The van der Waals surface area contributed by atoms with Crippen molar-refractivity contribution in [3.05, 3.63) is 59.9 Å². The number of likely N-dealkylation sites (tertiary alicyclic amines) is 2. The predicted molar refractivity (Wildman–Crippen MR) is 126 cm³/mol. The van der Waals surface area contributed by atoms with Crippen LogP contribution in [0.15, 0.2) is 53.4 Å². The number of benzene rings is 2. The zero-order valence-electron chi connectivity index (χ0n) is 17.9. The maximum Gasteiger partial charge on any atom is 0.255 e. The van der Waals surface area contributed by atoms with E-state index in [2.05, 4.69) is 5.32 Å². The van der Waals surface area contributed by atoms with E-state index < -0.39 is 9.84 Å². The average molecular weight is 476 g/mol. The average Bonchev–Trinajstić information content (AvgIpc) is 3.18. The summed E-state index contributed by atoms with van der Waals surface area (Å²) in [5.74, 6) is -0.579. The minimum absolute atomic E-state index is 0.000195. The Morgan fingerprint density at radius 1 is 1.00 bits per heavy atom. The van der Waals surface area contributed by atoms with Gasteiger partial charge in [-0.2, -0.15) is 0 Å². The molecule has 1 N–H and O–H groups in total. The summed E-state index contributed by atoms with van der Waals surface area (Å²) in [6, 6.07) is 12.8. The Labute approximate surface area is 193 Å². The second-order valence-electron chi connectivity index (χ2n) is 8.64. The first-order valence-corrected chi connectivity index (χ1v) is 12.9. The number of amides is 1. The van der Waals surface area contributed by atoms with E-state index in [-0.39, 0.29) is 27.6 Å². The number of sulfone groups is 1. The molecule has 2 heterocycles. The van der Waals surface area contributed by atoms with Crippen molar-refractivity contribution in [2.45, 2.75) is 24.2 Å². The van der Waals surface area contributed by atoms with E-state index in [0.29, 0.717) is 23.9 Å². The van der Waals surface area contributed by atoms with Crippen LogP contribution in [0.1, 0.15) is 29.6 Å². The van der Waals surface area contributed by atoms with Gasteiger partial charge >= 0.3 is 0 Å². The second kappa shape index (κ2) is 8.78. The van der Waals surface area contributed by atoms with E-state index in [9.17, 15) is 17.6 Å². The van der Waals surface area contributed by atoms with Gasteiger partial charge in [-0.15, -0.1) is 0 Å². The first-order chi connectivity index (χ1) is 15.2. The molecule has 2 aromatic carbocycles. The van der Waals surface area contributed by atoms with Crippen molar-refractivity contribution >= 4 is 38.8 Å². The predicted octanol–water partition coefficient (Wildman–Crippen LogP) is 3.55. The van der Waals surface area contributed by atoms with Gasteiger partial charge in [0.2, 0.25) is 0 Å². The van der Waals surface area contributed by atoms with Gasteiger partial charge in [-0.25, -0.2) is 12.8 Å². The van der Waals surface area contributed by atoms with Crippen LogP contribution in [-0.2, 0) is 9.84 Å². The number of carbonyl (C=O) groups is 1. The van der Waals surface area contributed by atoms with Crippen LogP contribution in [-0.4, -0.2) is 61.7 Å². The van der Waals surface area contributed by atoms with Gasteiger partial charge in [-0.05, 0) is 61.2 Å². The van der Waals surface area contributed by atoms with Gasteiger partial charge in [-0.1, -0.05) is 24.3 Å². The normalized spacial score (nSPS) is 18.1. The van der Waals surface area contributed by atoms with Gasteiger partial charge in [0.15, 0.2) is 14.9 Å².